The predicted molar refractivity (Wildman–Crippen MR) is 66.7 cm³/mol. The number of carboxylic acids is 1. The van der Waals surface area contributed by atoms with Gasteiger partial charge < -0.3 is 10.4 Å². The van der Waals surface area contributed by atoms with Gasteiger partial charge in [-0.2, -0.15) is 8.42 Å². The first-order chi connectivity index (χ1) is 7.62. The van der Waals surface area contributed by atoms with Gasteiger partial charge in [0, 0.05) is 5.54 Å². The average molecular weight is 269 g/mol. The van der Waals surface area contributed by atoms with E-state index in [0.717, 1.165) is 0 Å². The normalized spacial score (nSPS) is 11.6. The van der Waals surface area contributed by atoms with E-state index in [-0.39, 0.29) is 18.6 Å². The SMILES string of the molecule is CC.CC(C)(CC(=O)O)NCCCS(=O)(=O)O. The minimum Gasteiger partial charge on any atom is -0.481 e. The third-order valence-corrected chi connectivity index (χ3v) is 2.58. The molecule has 0 radical (unpaired) electrons. The van der Waals surface area contributed by atoms with Crippen molar-refractivity contribution < 1.29 is 22.9 Å². The highest BCUT2D eigenvalue weighted by Gasteiger charge is 2.20. The summed E-state index contributed by atoms with van der Waals surface area (Å²) < 4.78 is 29.2. The Morgan fingerprint density at radius 1 is 1.29 bits per heavy atom. The van der Waals surface area contributed by atoms with Crippen LogP contribution in [0, 0.1) is 0 Å². The van der Waals surface area contributed by atoms with Crippen LogP contribution < -0.4 is 5.32 Å². The van der Waals surface area contributed by atoms with Crippen molar-refractivity contribution in [3.8, 4) is 0 Å². The van der Waals surface area contributed by atoms with Gasteiger partial charge in [-0.15, -0.1) is 0 Å². The molecule has 0 saturated heterocycles. The zero-order valence-corrected chi connectivity index (χ0v) is 11.7. The summed E-state index contributed by atoms with van der Waals surface area (Å²) in [5, 5.41) is 11.5. The number of rotatable bonds is 7. The van der Waals surface area contributed by atoms with Crippen molar-refractivity contribution >= 4 is 16.1 Å². The Morgan fingerprint density at radius 3 is 2.12 bits per heavy atom. The molecule has 0 aliphatic rings. The van der Waals surface area contributed by atoms with Gasteiger partial charge in [0.05, 0.1) is 12.2 Å². The number of hydrogen-bond acceptors (Lipinski definition) is 4. The van der Waals surface area contributed by atoms with E-state index in [1.165, 1.54) is 0 Å². The molecule has 0 aliphatic carbocycles. The first-order valence-corrected chi connectivity index (χ1v) is 7.15. The van der Waals surface area contributed by atoms with E-state index in [0.29, 0.717) is 6.54 Å². The van der Waals surface area contributed by atoms with Crippen LogP contribution in [0.2, 0.25) is 0 Å². The van der Waals surface area contributed by atoms with Crippen LogP contribution in [-0.2, 0) is 14.9 Å². The molecule has 0 aliphatic heterocycles. The number of nitrogens with one attached hydrogen (secondary N) is 1. The lowest BCUT2D eigenvalue weighted by Gasteiger charge is -2.24. The molecule has 104 valence electrons. The molecule has 6 nitrogen and oxygen atoms in total. The lowest BCUT2D eigenvalue weighted by molar-refractivity contribution is -0.138. The highest BCUT2D eigenvalue weighted by atomic mass is 32.2. The van der Waals surface area contributed by atoms with Crippen LogP contribution in [0.1, 0.15) is 40.5 Å². The lowest BCUT2D eigenvalue weighted by Crippen LogP contribution is -2.42. The fourth-order valence-electron chi connectivity index (χ4n) is 1.12. The third-order valence-electron chi connectivity index (χ3n) is 1.78. The minimum absolute atomic E-state index is 0.0428. The summed E-state index contributed by atoms with van der Waals surface area (Å²) in [4.78, 5) is 10.4. The van der Waals surface area contributed by atoms with Gasteiger partial charge in [-0.05, 0) is 26.8 Å². The molecular weight excluding hydrogens is 246 g/mol. The maximum absolute atomic E-state index is 10.4. The Kier molecular flexibility index (Phi) is 9.28. The summed E-state index contributed by atoms with van der Waals surface area (Å²) in [5.74, 6) is -1.23. The second-order valence-corrected chi connectivity index (χ2v) is 5.59. The summed E-state index contributed by atoms with van der Waals surface area (Å²) >= 11 is 0. The first-order valence-electron chi connectivity index (χ1n) is 5.54. The van der Waals surface area contributed by atoms with E-state index >= 15 is 0 Å². The van der Waals surface area contributed by atoms with Gasteiger partial charge in [-0.3, -0.25) is 9.35 Å². The number of hydrogen-bond donors (Lipinski definition) is 3. The van der Waals surface area contributed by atoms with Crippen LogP contribution in [-0.4, -0.2) is 41.9 Å². The van der Waals surface area contributed by atoms with Gasteiger partial charge >= 0.3 is 5.97 Å². The van der Waals surface area contributed by atoms with E-state index in [9.17, 15) is 13.2 Å². The van der Waals surface area contributed by atoms with Crippen molar-refractivity contribution in [1.29, 1.82) is 0 Å². The quantitative estimate of drug-likeness (QED) is 0.473. The molecule has 17 heavy (non-hydrogen) atoms. The molecule has 0 aromatic carbocycles. The van der Waals surface area contributed by atoms with E-state index < -0.39 is 21.6 Å². The smallest absolute Gasteiger partial charge is 0.305 e. The summed E-state index contributed by atoms with van der Waals surface area (Å²) in [6.45, 7) is 7.78. The zero-order chi connectivity index (χ0) is 14.1. The molecule has 0 aromatic rings. The molecule has 7 heteroatoms. The molecular formula is C10H23NO5S. The number of aliphatic carboxylic acids is 1. The summed E-state index contributed by atoms with van der Waals surface area (Å²) in [6, 6.07) is 0. The van der Waals surface area contributed by atoms with E-state index in [2.05, 4.69) is 5.32 Å². The highest BCUT2D eigenvalue weighted by Crippen LogP contribution is 2.07. The monoisotopic (exact) mass is 269 g/mol. The largest absolute Gasteiger partial charge is 0.481 e. The summed E-state index contributed by atoms with van der Waals surface area (Å²) in [5.41, 5.74) is -0.578. The lowest BCUT2D eigenvalue weighted by atomic mass is 10.0. The molecule has 0 aromatic heterocycles. The van der Waals surface area contributed by atoms with Crippen molar-refractivity contribution in [2.75, 3.05) is 12.3 Å². The maximum Gasteiger partial charge on any atom is 0.305 e. The van der Waals surface area contributed by atoms with Gasteiger partial charge in [0.25, 0.3) is 10.1 Å². The van der Waals surface area contributed by atoms with E-state index in [4.69, 9.17) is 9.66 Å². The zero-order valence-electron chi connectivity index (χ0n) is 10.9. The molecule has 0 amide bonds. The average Bonchev–Trinajstić information content (AvgIpc) is 2.12. The molecule has 0 fully saturated rings. The first kappa shape index (κ1) is 18.7. The summed E-state index contributed by atoms with van der Waals surface area (Å²) in [7, 11) is -3.92. The van der Waals surface area contributed by atoms with Gasteiger partial charge in [0.15, 0.2) is 0 Å². The Morgan fingerprint density at radius 2 is 1.76 bits per heavy atom. The second-order valence-electron chi connectivity index (χ2n) is 4.02. The second kappa shape index (κ2) is 8.43. The fourth-order valence-corrected chi connectivity index (χ4v) is 1.63. The molecule has 0 bridgehead atoms. The molecule has 0 unspecified atom stereocenters. The predicted octanol–water partition coefficient (Wildman–Crippen LogP) is 1.13. The third kappa shape index (κ3) is 15.3. The van der Waals surface area contributed by atoms with Crippen molar-refractivity contribution in [3.05, 3.63) is 0 Å². The fraction of sp³-hybridized carbons (Fsp3) is 0.900. The van der Waals surface area contributed by atoms with Crippen LogP contribution in [0.5, 0.6) is 0 Å². The topological polar surface area (TPSA) is 104 Å². The molecule has 0 rings (SSSR count). The van der Waals surface area contributed by atoms with Crippen LogP contribution in [0.4, 0.5) is 0 Å². The molecule has 0 atom stereocenters. The van der Waals surface area contributed by atoms with Gasteiger partial charge in [-0.25, -0.2) is 0 Å². The van der Waals surface area contributed by atoms with Crippen LogP contribution in [0.3, 0.4) is 0 Å². The van der Waals surface area contributed by atoms with Crippen molar-refractivity contribution in [1.82, 2.24) is 5.32 Å². The van der Waals surface area contributed by atoms with E-state index in [1.807, 2.05) is 13.8 Å². The van der Waals surface area contributed by atoms with Gasteiger partial charge in [0.1, 0.15) is 0 Å². The van der Waals surface area contributed by atoms with Gasteiger partial charge in [0.2, 0.25) is 0 Å². The van der Waals surface area contributed by atoms with Crippen LogP contribution >= 0.6 is 0 Å². The Hall–Kier alpha value is -0.660. The Balaban J connectivity index is 0. The Labute approximate surface area is 103 Å². The van der Waals surface area contributed by atoms with Crippen molar-refractivity contribution in [2.45, 2.75) is 46.1 Å². The molecule has 0 spiro atoms. The number of carboxylic acid groups (broad SMARTS) is 1. The molecule has 3 N–H and O–H groups in total. The van der Waals surface area contributed by atoms with E-state index in [1.54, 1.807) is 13.8 Å². The Bertz CT molecular complexity index is 311. The highest BCUT2D eigenvalue weighted by molar-refractivity contribution is 7.85. The van der Waals surface area contributed by atoms with Crippen LogP contribution in [0.25, 0.3) is 0 Å². The summed E-state index contributed by atoms with van der Waals surface area (Å²) in [6.07, 6.45) is 0.209. The van der Waals surface area contributed by atoms with Crippen LogP contribution in [0.15, 0.2) is 0 Å². The maximum atomic E-state index is 10.4. The standard InChI is InChI=1S/C8H17NO5S.C2H6/c1-8(2,6-7(10)11)9-4-3-5-15(12,13)14;1-2/h9H,3-6H2,1-2H3,(H,10,11)(H,12,13,14);1-2H3. The van der Waals surface area contributed by atoms with Crippen molar-refractivity contribution in [2.24, 2.45) is 0 Å². The molecule has 0 saturated carbocycles. The van der Waals surface area contributed by atoms with Gasteiger partial charge in [-0.1, -0.05) is 13.8 Å². The molecule has 0 heterocycles. The number of carbonyl (C=O) groups is 1. The minimum atomic E-state index is -3.92. The van der Waals surface area contributed by atoms with Crippen molar-refractivity contribution in [3.63, 3.8) is 0 Å².